The maximum atomic E-state index is 12.7. The van der Waals surface area contributed by atoms with E-state index in [2.05, 4.69) is 17.1 Å². The van der Waals surface area contributed by atoms with Gasteiger partial charge in [-0.3, -0.25) is 14.5 Å². The van der Waals surface area contributed by atoms with Crippen LogP contribution in [0.5, 0.6) is 0 Å². The van der Waals surface area contributed by atoms with Crippen molar-refractivity contribution in [1.29, 1.82) is 0 Å². The lowest BCUT2D eigenvalue weighted by Crippen LogP contribution is -2.60. The average molecular weight is 396 g/mol. The zero-order chi connectivity index (χ0) is 19.7. The maximum absolute atomic E-state index is 12.7. The van der Waals surface area contributed by atoms with Crippen LogP contribution in [0.2, 0.25) is 0 Å². The van der Waals surface area contributed by atoms with E-state index in [1.165, 1.54) is 24.6 Å². The molecule has 5 rings (SSSR count). The van der Waals surface area contributed by atoms with E-state index >= 15 is 0 Å². The van der Waals surface area contributed by atoms with Gasteiger partial charge in [0, 0.05) is 34.0 Å². The topological polar surface area (TPSA) is 75.4 Å². The minimum absolute atomic E-state index is 0.0134. The van der Waals surface area contributed by atoms with Gasteiger partial charge in [-0.2, -0.15) is 0 Å². The largest absolute Gasteiger partial charge is 0.366 e. The van der Waals surface area contributed by atoms with Crippen molar-refractivity contribution in [2.75, 3.05) is 13.1 Å². The Kier molecular flexibility index (Phi) is 5.42. The molecule has 0 aliphatic carbocycles. The molecule has 3 aliphatic rings. The van der Waals surface area contributed by atoms with Gasteiger partial charge in [-0.25, -0.2) is 0 Å². The van der Waals surface area contributed by atoms with Crippen molar-refractivity contribution < 1.29 is 9.59 Å². The number of nitrogens with one attached hydrogen (secondary N) is 1. The molecule has 4 unspecified atom stereocenters. The molecule has 2 aromatic rings. The molecule has 28 heavy (non-hydrogen) atoms. The highest BCUT2D eigenvalue weighted by molar-refractivity contribution is 7.99. The molecule has 2 amide bonds. The second kappa shape index (κ2) is 7.97. The quantitative estimate of drug-likeness (QED) is 0.816. The van der Waals surface area contributed by atoms with Crippen molar-refractivity contribution in [2.45, 2.75) is 41.6 Å². The number of amides is 2. The Labute approximate surface area is 169 Å². The molecule has 3 fully saturated rings. The van der Waals surface area contributed by atoms with Crippen molar-refractivity contribution in [3.05, 3.63) is 59.7 Å². The van der Waals surface area contributed by atoms with Crippen LogP contribution >= 0.6 is 11.8 Å². The van der Waals surface area contributed by atoms with Gasteiger partial charge in [0.25, 0.3) is 5.91 Å². The van der Waals surface area contributed by atoms with E-state index in [-0.39, 0.29) is 11.9 Å². The van der Waals surface area contributed by atoms with Crippen LogP contribution in [0.15, 0.2) is 58.3 Å². The number of piperidine rings is 3. The second-order valence-electron chi connectivity index (χ2n) is 7.70. The van der Waals surface area contributed by atoms with Crippen LogP contribution in [0.25, 0.3) is 0 Å². The second-order valence-corrected chi connectivity index (χ2v) is 8.81. The Morgan fingerprint density at radius 3 is 2.54 bits per heavy atom. The number of hydrogen-bond acceptors (Lipinski definition) is 4. The Balaban J connectivity index is 1.41. The fourth-order valence-corrected chi connectivity index (χ4v) is 5.22. The molecule has 6 heteroatoms. The molecule has 0 saturated carbocycles. The van der Waals surface area contributed by atoms with E-state index < -0.39 is 5.91 Å². The highest BCUT2D eigenvalue weighted by atomic mass is 32.2. The number of rotatable bonds is 5. The van der Waals surface area contributed by atoms with Gasteiger partial charge in [0.15, 0.2) is 0 Å². The van der Waals surface area contributed by atoms with E-state index in [4.69, 9.17) is 5.73 Å². The first-order chi connectivity index (χ1) is 13.5. The number of carbonyl (C=O) groups is 2. The van der Waals surface area contributed by atoms with Crippen LogP contribution in [0, 0.1) is 5.92 Å². The average Bonchev–Trinajstić information content (AvgIpc) is 2.70. The third kappa shape index (κ3) is 3.93. The van der Waals surface area contributed by atoms with E-state index in [1.54, 1.807) is 12.1 Å². The van der Waals surface area contributed by atoms with Crippen molar-refractivity contribution in [3.63, 3.8) is 0 Å². The van der Waals surface area contributed by atoms with E-state index in [1.807, 2.05) is 36.4 Å². The Morgan fingerprint density at radius 2 is 1.89 bits per heavy atom. The zero-order valence-electron chi connectivity index (χ0n) is 15.9. The molecule has 2 aromatic carbocycles. The highest BCUT2D eigenvalue weighted by Gasteiger charge is 2.38. The fraction of sp³-hybridized carbons (Fsp3) is 0.364. The molecule has 2 bridgehead atoms. The first-order valence-corrected chi connectivity index (χ1v) is 10.5. The van der Waals surface area contributed by atoms with Gasteiger partial charge >= 0.3 is 0 Å². The van der Waals surface area contributed by atoms with Gasteiger partial charge < -0.3 is 11.1 Å². The molecule has 3 aliphatic heterocycles. The summed E-state index contributed by atoms with van der Waals surface area (Å²) in [5, 5.41) is 3.23. The van der Waals surface area contributed by atoms with Crippen LogP contribution < -0.4 is 11.1 Å². The van der Waals surface area contributed by atoms with E-state index in [0.29, 0.717) is 23.1 Å². The normalized spacial score (nSPS) is 26.0. The maximum Gasteiger partial charge on any atom is 0.251 e. The Hall–Kier alpha value is -2.31. The molecular weight excluding hydrogens is 370 g/mol. The Bertz CT molecular complexity index is 884. The number of nitrogens with zero attached hydrogens (tertiary/aromatic N) is 1. The number of primary amides is 1. The smallest absolute Gasteiger partial charge is 0.251 e. The summed E-state index contributed by atoms with van der Waals surface area (Å²) >= 11 is 1.47. The van der Waals surface area contributed by atoms with Crippen molar-refractivity contribution in [2.24, 2.45) is 11.7 Å². The van der Waals surface area contributed by atoms with Crippen LogP contribution in [0.3, 0.4) is 0 Å². The van der Waals surface area contributed by atoms with Gasteiger partial charge in [0.05, 0.1) is 5.56 Å². The number of benzene rings is 2. The summed E-state index contributed by atoms with van der Waals surface area (Å²) < 4.78 is 0. The summed E-state index contributed by atoms with van der Waals surface area (Å²) in [6.07, 6.45) is 2.34. The van der Waals surface area contributed by atoms with Crippen LogP contribution in [-0.2, 0) is 0 Å². The summed E-state index contributed by atoms with van der Waals surface area (Å²) in [5.41, 5.74) is 6.62. The van der Waals surface area contributed by atoms with Crippen molar-refractivity contribution in [3.8, 4) is 0 Å². The minimum atomic E-state index is -0.439. The predicted octanol–water partition coefficient (Wildman–Crippen LogP) is 3.15. The summed E-state index contributed by atoms with van der Waals surface area (Å²) in [4.78, 5) is 28.5. The molecule has 0 spiro atoms. The van der Waals surface area contributed by atoms with Crippen molar-refractivity contribution in [1.82, 2.24) is 10.2 Å². The number of fused-ring (bicyclic) bond motifs is 3. The summed E-state index contributed by atoms with van der Waals surface area (Å²) in [6, 6.07) is 15.7. The lowest BCUT2D eigenvalue weighted by Gasteiger charge is -2.48. The molecule has 3 N–H and O–H groups in total. The predicted molar refractivity (Wildman–Crippen MR) is 111 cm³/mol. The van der Waals surface area contributed by atoms with Gasteiger partial charge in [0.2, 0.25) is 5.91 Å². The molecule has 5 nitrogen and oxygen atoms in total. The van der Waals surface area contributed by atoms with Crippen LogP contribution in [-0.4, -0.2) is 41.9 Å². The van der Waals surface area contributed by atoms with Gasteiger partial charge in [-0.05, 0) is 68.6 Å². The standard InChI is InChI=1S/C22H25N3O2S/c1-14-12-16-10-11-25(14)13-19(16)24-22(27)15-6-8-17(9-7-15)28-20-5-3-2-4-18(20)21(23)26/h2-9,14,16,19H,10-13H2,1H3,(H2,23,26)(H,24,27). The molecule has 3 saturated heterocycles. The molecule has 4 atom stereocenters. The lowest BCUT2D eigenvalue weighted by atomic mass is 9.80. The highest BCUT2D eigenvalue weighted by Crippen LogP contribution is 2.33. The monoisotopic (exact) mass is 395 g/mol. The lowest BCUT2D eigenvalue weighted by molar-refractivity contribution is 0.0274. The zero-order valence-corrected chi connectivity index (χ0v) is 16.7. The minimum Gasteiger partial charge on any atom is -0.366 e. The summed E-state index contributed by atoms with van der Waals surface area (Å²) in [5.74, 6) is 0.135. The van der Waals surface area contributed by atoms with Gasteiger partial charge in [-0.15, -0.1) is 0 Å². The number of nitrogens with two attached hydrogens (primary N) is 1. The number of carbonyl (C=O) groups excluding carboxylic acids is 2. The first-order valence-electron chi connectivity index (χ1n) is 9.73. The molecular formula is C22H25N3O2S. The molecule has 0 radical (unpaired) electrons. The van der Waals surface area contributed by atoms with Gasteiger partial charge in [0.1, 0.15) is 0 Å². The summed E-state index contributed by atoms with van der Waals surface area (Å²) in [6.45, 7) is 4.38. The SMILES string of the molecule is CC1CC2CCN1CC2NC(=O)c1ccc(Sc2ccccc2C(N)=O)cc1. The third-order valence-electron chi connectivity index (χ3n) is 5.87. The molecule has 146 valence electrons. The molecule has 0 aromatic heterocycles. The summed E-state index contributed by atoms with van der Waals surface area (Å²) in [7, 11) is 0. The van der Waals surface area contributed by atoms with Crippen LogP contribution in [0.4, 0.5) is 0 Å². The number of hydrogen-bond donors (Lipinski definition) is 2. The Morgan fingerprint density at radius 1 is 1.14 bits per heavy atom. The van der Waals surface area contributed by atoms with Crippen molar-refractivity contribution >= 4 is 23.6 Å². The third-order valence-corrected chi connectivity index (χ3v) is 6.95. The first kappa shape index (κ1) is 19.0. The van der Waals surface area contributed by atoms with E-state index in [9.17, 15) is 9.59 Å². The fourth-order valence-electron chi connectivity index (χ4n) is 4.27. The van der Waals surface area contributed by atoms with E-state index in [0.717, 1.165) is 22.9 Å². The van der Waals surface area contributed by atoms with Crippen LogP contribution in [0.1, 0.15) is 40.5 Å². The molecule has 3 heterocycles. The van der Waals surface area contributed by atoms with Gasteiger partial charge in [-0.1, -0.05) is 23.9 Å².